The van der Waals surface area contributed by atoms with Gasteiger partial charge in [-0.1, -0.05) is 19.1 Å². The Morgan fingerprint density at radius 3 is 2.89 bits per heavy atom. The van der Waals surface area contributed by atoms with Crippen molar-refractivity contribution in [2.45, 2.75) is 46.1 Å². The van der Waals surface area contributed by atoms with Crippen LogP contribution in [0, 0.1) is 6.92 Å². The number of nitrogens with zero attached hydrogens (tertiary/aromatic N) is 1. The summed E-state index contributed by atoms with van der Waals surface area (Å²) in [5.41, 5.74) is 4.97. The Labute approximate surface area is 164 Å². The standard InChI is InChI=1S/C23H24N2O3/c1-4-5-20(27)18-12-24-22-17(8-6-15-11-14(3)28-23(15)22)21(18)25-19-9-7-16(26)10-13(19)2/h6-10,12,14,26H,4-5,11H2,1-3H3,(H,24,25). The van der Waals surface area contributed by atoms with Gasteiger partial charge in [-0.15, -0.1) is 0 Å². The van der Waals surface area contributed by atoms with Gasteiger partial charge in [-0.2, -0.15) is 0 Å². The number of phenolic OH excluding ortho intramolecular Hbond substituents is 1. The van der Waals surface area contributed by atoms with Crippen molar-refractivity contribution in [2.24, 2.45) is 0 Å². The van der Waals surface area contributed by atoms with Crippen LogP contribution in [-0.2, 0) is 6.42 Å². The minimum absolute atomic E-state index is 0.0608. The molecule has 0 radical (unpaired) electrons. The molecule has 5 heteroatoms. The lowest BCUT2D eigenvalue weighted by Crippen LogP contribution is -2.07. The van der Waals surface area contributed by atoms with Gasteiger partial charge >= 0.3 is 0 Å². The summed E-state index contributed by atoms with van der Waals surface area (Å²) in [5, 5.41) is 14.0. The van der Waals surface area contributed by atoms with E-state index >= 15 is 0 Å². The number of aromatic hydroxyl groups is 1. The fraction of sp³-hybridized carbons (Fsp3) is 0.304. The number of aromatic nitrogens is 1. The number of benzene rings is 2. The normalized spacial score (nSPS) is 15.3. The van der Waals surface area contributed by atoms with Crippen LogP contribution in [0.1, 0.15) is 48.2 Å². The van der Waals surface area contributed by atoms with Crippen molar-refractivity contribution >= 4 is 28.1 Å². The number of pyridine rings is 1. The molecule has 28 heavy (non-hydrogen) atoms. The number of fused-ring (bicyclic) bond motifs is 3. The number of carbonyl (C=O) groups is 1. The summed E-state index contributed by atoms with van der Waals surface area (Å²) in [4.78, 5) is 17.4. The number of hydrogen-bond acceptors (Lipinski definition) is 5. The lowest BCUT2D eigenvalue weighted by Gasteiger charge is -2.17. The second kappa shape index (κ2) is 7.15. The second-order valence-corrected chi connectivity index (χ2v) is 7.43. The fourth-order valence-electron chi connectivity index (χ4n) is 3.76. The van der Waals surface area contributed by atoms with Gasteiger partial charge in [0.2, 0.25) is 0 Å². The van der Waals surface area contributed by atoms with E-state index in [9.17, 15) is 9.90 Å². The number of ketones is 1. The van der Waals surface area contributed by atoms with E-state index in [0.29, 0.717) is 12.0 Å². The van der Waals surface area contributed by atoms with Crippen molar-refractivity contribution in [3.8, 4) is 11.5 Å². The van der Waals surface area contributed by atoms with Gasteiger partial charge in [0.05, 0.1) is 11.3 Å². The van der Waals surface area contributed by atoms with Crippen LogP contribution in [0.3, 0.4) is 0 Å². The van der Waals surface area contributed by atoms with Crippen LogP contribution in [0.2, 0.25) is 0 Å². The average Bonchev–Trinajstić information content (AvgIpc) is 3.04. The van der Waals surface area contributed by atoms with Gasteiger partial charge in [-0.3, -0.25) is 9.78 Å². The predicted molar refractivity (Wildman–Crippen MR) is 111 cm³/mol. The Morgan fingerprint density at radius 2 is 2.14 bits per heavy atom. The highest BCUT2D eigenvalue weighted by atomic mass is 16.5. The van der Waals surface area contributed by atoms with E-state index in [1.165, 1.54) is 0 Å². The minimum Gasteiger partial charge on any atom is -0.508 e. The summed E-state index contributed by atoms with van der Waals surface area (Å²) in [6.45, 7) is 5.96. The van der Waals surface area contributed by atoms with Gasteiger partial charge in [0.1, 0.15) is 23.1 Å². The van der Waals surface area contributed by atoms with Gasteiger partial charge in [-0.05, 0) is 44.0 Å². The largest absolute Gasteiger partial charge is 0.508 e. The third-order valence-corrected chi connectivity index (χ3v) is 5.15. The zero-order valence-corrected chi connectivity index (χ0v) is 16.4. The molecule has 1 aliphatic heterocycles. The zero-order chi connectivity index (χ0) is 19.8. The second-order valence-electron chi connectivity index (χ2n) is 7.43. The van der Waals surface area contributed by atoms with Gasteiger partial charge < -0.3 is 15.2 Å². The molecule has 1 unspecified atom stereocenters. The van der Waals surface area contributed by atoms with E-state index < -0.39 is 0 Å². The number of aryl methyl sites for hydroxylation is 1. The summed E-state index contributed by atoms with van der Waals surface area (Å²) in [7, 11) is 0. The van der Waals surface area contributed by atoms with E-state index in [1.807, 2.05) is 32.9 Å². The number of ether oxygens (including phenoxy) is 1. The monoisotopic (exact) mass is 376 g/mol. The van der Waals surface area contributed by atoms with Crippen molar-refractivity contribution in [3.63, 3.8) is 0 Å². The van der Waals surface area contributed by atoms with E-state index in [1.54, 1.807) is 18.3 Å². The molecule has 4 rings (SSSR count). The molecule has 0 aliphatic carbocycles. The maximum atomic E-state index is 12.8. The average molecular weight is 376 g/mol. The Bertz CT molecular complexity index is 1080. The molecule has 1 aliphatic rings. The number of anilines is 2. The third kappa shape index (κ3) is 3.17. The van der Waals surface area contributed by atoms with Gasteiger partial charge in [0.25, 0.3) is 0 Å². The lowest BCUT2D eigenvalue weighted by atomic mass is 10.0. The van der Waals surface area contributed by atoms with Crippen LogP contribution in [0.15, 0.2) is 36.5 Å². The van der Waals surface area contributed by atoms with E-state index in [4.69, 9.17) is 4.74 Å². The smallest absolute Gasteiger partial charge is 0.166 e. The molecule has 144 valence electrons. The predicted octanol–water partition coefficient (Wildman–Crippen LogP) is 5.30. The number of rotatable bonds is 5. The summed E-state index contributed by atoms with van der Waals surface area (Å²) < 4.78 is 6.00. The molecule has 0 bridgehead atoms. The molecule has 0 spiro atoms. The highest BCUT2D eigenvalue weighted by Crippen LogP contribution is 2.40. The number of phenols is 1. The van der Waals surface area contributed by atoms with Crippen LogP contribution < -0.4 is 10.1 Å². The summed E-state index contributed by atoms with van der Waals surface area (Å²) in [6.07, 6.45) is 3.89. The molecule has 0 amide bonds. The summed E-state index contributed by atoms with van der Waals surface area (Å²) in [5.74, 6) is 1.08. The summed E-state index contributed by atoms with van der Waals surface area (Å²) >= 11 is 0. The first-order valence-corrected chi connectivity index (χ1v) is 9.69. The number of Topliss-reactive ketones (excluding diaryl/α,β-unsaturated/α-hetero) is 1. The van der Waals surface area contributed by atoms with Crippen molar-refractivity contribution in [1.82, 2.24) is 4.98 Å². The molecular formula is C23H24N2O3. The molecule has 0 saturated heterocycles. The van der Waals surface area contributed by atoms with Crippen molar-refractivity contribution in [1.29, 1.82) is 0 Å². The number of nitrogens with one attached hydrogen (secondary N) is 1. The molecule has 2 N–H and O–H groups in total. The first-order chi connectivity index (χ1) is 13.5. The van der Waals surface area contributed by atoms with Crippen LogP contribution in [0.25, 0.3) is 10.9 Å². The molecule has 2 aromatic carbocycles. The van der Waals surface area contributed by atoms with E-state index in [-0.39, 0.29) is 17.6 Å². The molecule has 5 nitrogen and oxygen atoms in total. The van der Waals surface area contributed by atoms with Crippen molar-refractivity contribution in [3.05, 3.63) is 53.2 Å². The number of hydrogen-bond donors (Lipinski definition) is 2. The Kier molecular flexibility index (Phi) is 4.67. The Morgan fingerprint density at radius 1 is 1.32 bits per heavy atom. The molecule has 2 heterocycles. The maximum absolute atomic E-state index is 12.8. The zero-order valence-electron chi connectivity index (χ0n) is 16.4. The van der Waals surface area contributed by atoms with E-state index in [2.05, 4.69) is 16.4 Å². The van der Waals surface area contributed by atoms with Gasteiger partial charge in [0.15, 0.2) is 5.78 Å². The summed E-state index contributed by atoms with van der Waals surface area (Å²) in [6, 6.07) is 9.22. The van der Waals surface area contributed by atoms with Crippen molar-refractivity contribution in [2.75, 3.05) is 5.32 Å². The maximum Gasteiger partial charge on any atom is 0.166 e. The first-order valence-electron chi connectivity index (χ1n) is 9.69. The van der Waals surface area contributed by atoms with Crippen LogP contribution in [0.4, 0.5) is 11.4 Å². The molecule has 0 saturated carbocycles. The highest BCUT2D eigenvalue weighted by molar-refractivity contribution is 6.10. The lowest BCUT2D eigenvalue weighted by molar-refractivity contribution is 0.0982. The minimum atomic E-state index is 0.0608. The van der Waals surface area contributed by atoms with E-state index in [0.717, 1.165) is 52.0 Å². The highest BCUT2D eigenvalue weighted by Gasteiger charge is 2.25. The molecule has 3 aromatic rings. The van der Waals surface area contributed by atoms with Gasteiger partial charge in [0, 0.05) is 35.7 Å². The van der Waals surface area contributed by atoms with Crippen LogP contribution in [-0.4, -0.2) is 22.0 Å². The molecule has 1 atom stereocenters. The van der Waals surface area contributed by atoms with Crippen LogP contribution in [0.5, 0.6) is 11.5 Å². The number of carbonyl (C=O) groups excluding carboxylic acids is 1. The van der Waals surface area contributed by atoms with Crippen molar-refractivity contribution < 1.29 is 14.6 Å². The molecule has 1 aromatic heterocycles. The first kappa shape index (κ1) is 18.3. The Hall–Kier alpha value is -3.08. The topological polar surface area (TPSA) is 71.5 Å². The fourth-order valence-corrected chi connectivity index (χ4v) is 3.76. The quantitative estimate of drug-likeness (QED) is 0.467. The van der Waals surface area contributed by atoms with Crippen LogP contribution >= 0.6 is 0 Å². The third-order valence-electron chi connectivity index (χ3n) is 5.15. The van der Waals surface area contributed by atoms with Gasteiger partial charge in [-0.25, -0.2) is 0 Å². The SMILES string of the molecule is CCCC(=O)c1cnc2c3c(ccc2c1Nc1ccc(O)cc1C)CC(C)O3. The molecular weight excluding hydrogens is 352 g/mol. The molecule has 0 fully saturated rings. The Balaban J connectivity index is 1.90.